The van der Waals surface area contributed by atoms with Gasteiger partial charge in [0.05, 0.1) is 28.2 Å². The van der Waals surface area contributed by atoms with Crippen molar-refractivity contribution in [3.05, 3.63) is 71.1 Å². The van der Waals surface area contributed by atoms with Gasteiger partial charge in [0.15, 0.2) is 5.75 Å². The van der Waals surface area contributed by atoms with Crippen molar-refractivity contribution in [2.75, 3.05) is 18.7 Å². The van der Waals surface area contributed by atoms with Gasteiger partial charge >= 0.3 is 0 Å². The van der Waals surface area contributed by atoms with E-state index in [4.69, 9.17) is 32.7 Å². The lowest BCUT2D eigenvalue weighted by Crippen LogP contribution is -2.02. The highest BCUT2D eigenvalue weighted by molar-refractivity contribution is 7.97. The van der Waals surface area contributed by atoms with Gasteiger partial charge in [0.2, 0.25) is 0 Å². The van der Waals surface area contributed by atoms with Crippen LogP contribution in [-0.2, 0) is 6.61 Å². The number of alkyl halides is 1. The van der Waals surface area contributed by atoms with Crippen LogP contribution in [0.5, 0.6) is 11.5 Å². The average Bonchev–Trinajstić information content (AvgIpc) is 3.42. The summed E-state index contributed by atoms with van der Waals surface area (Å²) in [7, 11) is 0. The van der Waals surface area contributed by atoms with E-state index in [0.717, 1.165) is 27.9 Å². The normalized spacial score (nSPS) is 10.9. The Balaban J connectivity index is 1.59. The topological polar surface area (TPSA) is 65.0 Å². The predicted octanol–water partition coefficient (Wildman–Crippen LogP) is 5.67. The Bertz CT molecular complexity index is 1260. The predicted molar refractivity (Wildman–Crippen MR) is 125 cm³/mol. The van der Waals surface area contributed by atoms with Gasteiger partial charge in [-0.1, -0.05) is 11.6 Å². The highest BCUT2D eigenvalue weighted by Gasteiger charge is 2.14. The van der Waals surface area contributed by atoms with Crippen LogP contribution in [-0.4, -0.2) is 32.5 Å². The number of ether oxygens (including phenoxy) is 2. The van der Waals surface area contributed by atoms with Gasteiger partial charge in [-0.05, 0) is 48.3 Å². The maximum absolute atomic E-state index is 9.53. The van der Waals surface area contributed by atoms with E-state index in [1.54, 1.807) is 22.4 Å². The van der Waals surface area contributed by atoms with Crippen molar-refractivity contribution in [3.63, 3.8) is 0 Å². The molecule has 9 heteroatoms. The molecule has 4 aromatic rings. The molecule has 0 fully saturated rings. The molecule has 0 aliphatic rings. The summed E-state index contributed by atoms with van der Waals surface area (Å²) in [5.41, 5.74) is 3.10. The van der Waals surface area contributed by atoms with Gasteiger partial charge in [0, 0.05) is 35.3 Å². The number of nitrogens with zero attached hydrogens (tertiary/aromatic N) is 4. The van der Waals surface area contributed by atoms with E-state index in [-0.39, 0.29) is 6.61 Å². The number of fused-ring (bicyclic) bond motifs is 1. The molecule has 0 aliphatic carbocycles. The van der Waals surface area contributed by atoms with Crippen molar-refractivity contribution >= 4 is 46.1 Å². The van der Waals surface area contributed by atoms with Crippen LogP contribution in [0.4, 0.5) is 0 Å². The summed E-state index contributed by atoms with van der Waals surface area (Å²) in [5, 5.41) is 15.1. The maximum Gasteiger partial charge on any atom is 0.155 e. The minimum absolute atomic E-state index is 0.280. The van der Waals surface area contributed by atoms with Gasteiger partial charge < -0.3 is 14.0 Å². The largest absolute Gasteiger partial charge is 0.489 e. The first-order chi connectivity index (χ1) is 15.1. The average molecular weight is 473 g/mol. The highest BCUT2D eigenvalue weighted by atomic mass is 35.5. The Labute approximate surface area is 194 Å². The summed E-state index contributed by atoms with van der Waals surface area (Å²) in [4.78, 5) is 0. The molecule has 0 saturated heterocycles. The standard InChI is InChI=1S/C22H18Cl2N4O2S/c1-31-28-13-15(12-26-28)14-30-19-2-3-21-16(9-19)4-6-27(21)18-8-17(11-25)22(20(24)10-18)29-7-5-23/h2-4,6,8-10,12-13H,5,7,14H2,1H3. The minimum atomic E-state index is 0.280. The smallest absolute Gasteiger partial charge is 0.155 e. The lowest BCUT2D eigenvalue weighted by atomic mass is 10.2. The molecule has 0 N–H and O–H groups in total. The monoisotopic (exact) mass is 472 g/mol. The zero-order valence-corrected chi connectivity index (χ0v) is 18.9. The summed E-state index contributed by atoms with van der Waals surface area (Å²) in [6.45, 7) is 0.722. The third-order valence-corrected chi connectivity index (χ3v) is 5.63. The van der Waals surface area contributed by atoms with Crippen LogP contribution in [0.1, 0.15) is 11.1 Å². The van der Waals surface area contributed by atoms with E-state index in [1.807, 2.05) is 47.5 Å². The van der Waals surface area contributed by atoms with Crippen molar-refractivity contribution in [1.82, 2.24) is 13.8 Å². The molecule has 0 saturated carbocycles. The summed E-state index contributed by atoms with van der Waals surface area (Å²) in [6.07, 6.45) is 7.63. The molecule has 0 aliphatic heterocycles. The first kappa shape index (κ1) is 21.4. The molecule has 6 nitrogen and oxygen atoms in total. The SMILES string of the molecule is CSn1cc(COc2ccc3c(ccn3-c3cc(Cl)c(OCCCl)c(C#N)c3)c2)cn1. The molecule has 0 unspecified atom stereocenters. The third-order valence-electron chi connectivity index (χ3n) is 4.62. The molecular weight excluding hydrogens is 455 g/mol. The molecule has 2 aromatic carbocycles. The van der Waals surface area contributed by atoms with E-state index in [9.17, 15) is 5.26 Å². The maximum atomic E-state index is 9.53. The van der Waals surface area contributed by atoms with Crippen LogP contribution < -0.4 is 9.47 Å². The van der Waals surface area contributed by atoms with Crippen LogP contribution in [0.3, 0.4) is 0 Å². The van der Waals surface area contributed by atoms with Gasteiger partial charge in [0.1, 0.15) is 25.0 Å². The number of hydrogen-bond donors (Lipinski definition) is 0. The zero-order chi connectivity index (χ0) is 21.8. The number of halogens is 2. The van der Waals surface area contributed by atoms with E-state index in [2.05, 4.69) is 11.2 Å². The zero-order valence-electron chi connectivity index (χ0n) is 16.6. The molecule has 0 spiro atoms. The van der Waals surface area contributed by atoms with Crippen molar-refractivity contribution in [2.24, 2.45) is 0 Å². The third kappa shape index (κ3) is 4.62. The lowest BCUT2D eigenvalue weighted by molar-refractivity contribution is 0.306. The molecule has 0 atom stereocenters. The van der Waals surface area contributed by atoms with Crippen LogP contribution in [0.25, 0.3) is 16.6 Å². The van der Waals surface area contributed by atoms with Gasteiger partial charge in [-0.25, -0.2) is 4.09 Å². The van der Waals surface area contributed by atoms with E-state index >= 15 is 0 Å². The van der Waals surface area contributed by atoms with Gasteiger partial charge in [0.25, 0.3) is 0 Å². The quantitative estimate of drug-likeness (QED) is 0.309. The summed E-state index contributed by atoms with van der Waals surface area (Å²) in [5.74, 6) is 1.43. The van der Waals surface area contributed by atoms with Crippen molar-refractivity contribution in [2.45, 2.75) is 6.61 Å². The molecule has 2 aromatic heterocycles. The fourth-order valence-corrected chi connectivity index (χ4v) is 3.93. The van der Waals surface area contributed by atoms with E-state index < -0.39 is 0 Å². The summed E-state index contributed by atoms with van der Waals surface area (Å²) < 4.78 is 15.2. The molecule has 4 rings (SSSR count). The number of nitriles is 1. The number of aromatic nitrogens is 3. The Morgan fingerprint density at radius 1 is 1.19 bits per heavy atom. The fourth-order valence-electron chi connectivity index (χ4n) is 3.20. The summed E-state index contributed by atoms with van der Waals surface area (Å²) in [6, 6.07) is 13.6. The lowest BCUT2D eigenvalue weighted by Gasteiger charge is -2.12. The van der Waals surface area contributed by atoms with E-state index in [1.165, 1.54) is 11.9 Å². The number of benzene rings is 2. The first-order valence-electron chi connectivity index (χ1n) is 9.37. The van der Waals surface area contributed by atoms with Crippen molar-refractivity contribution in [3.8, 4) is 23.3 Å². The van der Waals surface area contributed by atoms with Crippen LogP contribution in [0.2, 0.25) is 5.02 Å². The molecule has 158 valence electrons. The van der Waals surface area contributed by atoms with Crippen molar-refractivity contribution in [1.29, 1.82) is 5.26 Å². The second-order valence-electron chi connectivity index (χ2n) is 6.58. The van der Waals surface area contributed by atoms with Gasteiger partial charge in [-0.15, -0.1) is 11.6 Å². The van der Waals surface area contributed by atoms with Crippen LogP contribution >= 0.6 is 35.1 Å². The Morgan fingerprint density at radius 2 is 2.06 bits per heavy atom. The van der Waals surface area contributed by atoms with Gasteiger partial charge in [-0.2, -0.15) is 10.4 Å². The molecule has 2 heterocycles. The highest BCUT2D eigenvalue weighted by Crippen LogP contribution is 2.33. The minimum Gasteiger partial charge on any atom is -0.489 e. The molecule has 0 amide bonds. The summed E-state index contributed by atoms with van der Waals surface area (Å²) >= 11 is 13.6. The number of hydrogen-bond acceptors (Lipinski definition) is 5. The molecule has 0 bridgehead atoms. The second-order valence-corrected chi connectivity index (χ2v) is 8.11. The van der Waals surface area contributed by atoms with E-state index in [0.29, 0.717) is 28.8 Å². The molecular formula is C22H18Cl2N4O2S. The van der Waals surface area contributed by atoms with Crippen LogP contribution in [0, 0.1) is 11.3 Å². The number of rotatable bonds is 8. The Kier molecular flexibility index (Phi) is 6.62. The van der Waals surface area contributed by atoms with Crippen molar-refractivity contribution < 1.29 is 9.47 Å². The molecule has 0 radical (unpaired) electrons. The fraction of sp³-hybridized carbons (Fsp3) is 0.182. The van der Waals surface area contributed by atoms with Gasteiger partial charge in [-0.3, -0.25) is 0 Å². The van der Waals surface area contributed by atoms with Crippen LogP contribution in [0.15, 0.2) is 55.0 Å². The first-order valence-corrected chi connectivity index (χ1v) is 11.5. The molecule has 31 heavy (non-hydrogen) atoms. The Morgan fingerprint density at radius 3 is 2.81 bits per heavy atom. The Hall–Kier alpha value is -2.79. The second kappa shape index (κ2) is 9.56.